The number of fused-ring (bicyclic) bond motifs is 1. The normalized spacial score (nSPS) is 20.6. The van der Waals surface area contributed by atoms with Gasteiger partial charge in [0.1, 0.15) is 11.4 Å². The number of aromatic hydroxyl groups is 1. The number of aryl methyl sites for hydroxylation is 1. The third-order valence-corrected chi connectivity index (χ3v) is 6.54. The number of carbonyl (C=O) groups is 2. The standard InChI is InChI=1S/C25H28N2O3/c1-14-10-18-19(25(4,5)9-8-24(18,2)3)13-16(14)17-11-15(6-7-21(17)28)12-20-22(29)27-23(30)26-20/h6-7,10-13,28H,8-9H2,1-5H3,(H2,26,27,29,30). The molecule has 2 aliphatic rings. The topological polar surface area (TPSA) is 78.4 Å². The molecule has 0 saturated carbocycles. The fraction of sp³-hybridized carbons (Fsp3) is 0.360. The van der Waals surface area contributed by atoms with Crippen molar-refractivity contribution in [2.45, 2.75) is 58.3 Å². The molecule has 1 aliphatic heterocycles. The van der Waals surface area contributed by atoms with Crippen molar-refractivity contribution in [1.82, 2.24) is 10.6 Å². The van der Waals surface area contributed by atoms with Gasteiger partial charge in [0.15, 0.2) is 0 Å². The second-order valence-corrected chi connectivity index (χ2v) is 9.72. The van der Waals surface area contributed by atoms with Crippen LogP contribution in [0, 0.1) is 6.92 Å². The average Bonchev–Trinajstić information content (AvgIpc) is 2.97. The van der Waals surface area contributed by atoms with Gasteiger partial charge < -0.3 is 10.4 Å². The first-order valence-electron chi connectivity index (χ1n) is 10.3. The predicted molar refractivity (Wildman–Crippen MR) is 118 cm³/mol. The van der Waals surface area contributed by atoms with Crippen LogP contribution in [0.25, 0.3) is 17.2 Å². The van der Waals surface area contributed by atoms with E-state index in [1.54, 1.807) is 18.2 Å². The molecule has 0 spiro atoms. The zero-order valence-corrected chi connectivity index (χ0v) is 18.1. The summed E-state index contributed by atoms with van der Waals surface area (Å²) in [4.78, 5) is 23.2. The fourth-order valence-corrected chi connectivity index (χ4v) is 4.52. The lowest BCUT2D eigenvalue weighted by molar-refractivity contribution is -0.115. The highest BCUT2D eigenvalue weighted by Crippen LogP contribution is 2.48. The van der Waals surface area contributed by atoms with E-state index in [0.29, 0.717) is 5.56 Å². The van der Waals surface area contributed by atoms with Crippen molar-refractivity contribution in [3.8, 4) is 16.9 Å². The number of imide groups is 1. The zero-order chi connectivity index (χ0) is 21.8. The van der Waals surface area contributed by atoms with Crippen LogP contribution in [0.1, 0.15) is 62.8 Å². The summed E-state index contributed by atoms with van der Waals surface area (Å²) in [5.74, 6) is -0.267. The van der Waals surface area contributed by atoms with Crippen LogP contribution < -0.4 is 10.6 Å². The molecule has 5 heteroatoms. The number of urea groups is 1. The molecule has 3 amide bonds. The Morgan fingerprint density at radius 3 is 2.13 bits per heavy atom. The Labute approximate surface area is 177 Å². The summed E-state index contributed by atoms with van der Waals surface area (Å²) in [5, 5.41) is 15.3. The molecule has 0 bridgehead atoms. The number of benzene rings is 2. The van der Waals surface area contributed by atoms with E-state index in [1.165, 1.54) is 11.1 Å². The summed E-state index contributed by atoms with van der Waals surface area (Å²) in [6.07, 6.45) is 3.88. The van der Waals surface area contributed by atoms with Crippen LogP contribution in [-0.2, 0) is 15.6 Å². The molecule has 2 aromatic carbocycles. The van der Waals surface area contributed by atoms with Gasteiger partial charge in [0.2, 0.25) is 0 Å². The molecule has 1 heterocycles. The molecule has 0 unspecified atom stereocenters. The molecular formula is C25H28N2O3. The van der Waals surface area contributed by atoms with Crippen LogP contribution >= 0.6 is 0 Å². The van der Waals surface area contributed by atoms with Gasteiger partial charge in [0.25, 0.3) is 5.91 Å². The molecule has 1 fully saturated rings. The molecule has 1 saturated heterocycles. The maximum absolute atomic E-state index is 11.8. The van der Waals surface area contributed by atoms with Crippen molar-refractivity contribution in [1.29, 1.82) is 0 Å². The molecular weight excluding hydrogens is 376 g/mol. The first-order chi connectivity index (χ1) is 14.0. The number of phenolic OH excluding ortho intramolecular Hbond substituents is 1. The Hall–Kier alpha value is -3.08. The minimum atomic E-state index is -0.527. The molecule has 4 rings (SSSR count). The van der Waals surface area contributed by atoms with E-state index >= 15 is 0 Å². The van der Waals surface area contributed by atoms with Crippen LogP contribution in [0.4, 0.5) is 4.79 Å². The number of amides is 3. The van der Waals surface area contributed by atoms with Crippen LogP contribution in [-0.4, -0.2) is 17.0 Å². The number of carbonyl (C=O) groups excluding carboxylic acids is 2. The van der Waals surface area contributed by atoms with Crippen molar-refractivity contribution in [3.05, 3.63) is 58.3 Å². The molecule has 1 aliphatic carbocycles. The lowest BCUT2D eigenvalue weighted by atomic mass is 9.62. The van der Waals surface area contributed by atoms with Gasteiger partial charge >= 0.3 is 6.03 Å². The second kappa shape index (κ2) is 6.73. The Balaban J connectivity index is 1.84. The number of rotatable bonds is 2. The number of phenols is 1. The van der Waals surface area contributed by atoms with Crippen molar-refractivity contribution >= 4 is 18.0 Å². The molecule has 0 aromatic heterocycles. The van der Waals surface area contributed by atoms with Crippen LogP contribution in [0.3, 0.4) is 0 Å². The van der Waals surface area contributed by atoms with Gasteiger partial charge in [-0.1, -0.05) is 39.8 Å². The van der Waals surface area contributed by atoms with Gasteiger partial charge in [0, 0.05) is 5.56 Å². The predicted octanol–water partition coefficient (Wildman–Crippen LogP) is 4.90. The van der Waals surface area contributed by atoms with Gasteiger partial charge in [-0.05, 0) is 82.7 Å². The van der Waals surface area contributed by atoms with Crippen molar-refractivity contribution in [2.24, 2.45) is 0 Å². The second-order valence-electron chi connectivity index (χ2n) is 9.72. The summed E-state index contributed by atoms with van der Waals surface area (Å²) in [5.41, 5.74) is 6.62. The summed E-state index contributed by atoms with van der Waals surface area (Å²) >= 11 is 0. The summed E-state index contributed by atoms with van der Waals surface area (Å²) in [6.45, 7) is 11.2. The Morgan fingerprint density at radius 2 is 1.53 bits per heavy atom. The third-order valence-electron chi connectivity index (χ3n) is 6.54. The van der Waals surface area contributed by atoms with Gasteiger partial charge in [0.05, 0.1) is 0 Å². The van der Waals surface area contributed by atoms with Crippen molar-refractivity contribution in [3.63, 3.8) is 0 Å². The molecule has 2 aromatic rings. The number of hydrogen-bond acceptors (Lipinski definition) is 3. The lowest BCUT2D eigenvalue weighted by Crippen LogP contribution is -2.34. The highest BCUT2D eigenvalue weighted by Gasteiger charge is 2.37. The molecule has 0 atom stereocenters. The van der Waals surface area contributed by atoms with E-state index in [1.807, 2.05) is 6.07 Å². The smallest absolute Gasteiger partial charge is 0.326 e. The van der Waals surface area contributed by atoms with Crippen LogP contribution in [0.15, 0.2) is 36.0 Å². The van der Waals surface area contributed by atoms with Crippen LogP contribution in [0.5, 0.6) is 5.75 Å². The molecule has 3 N–H and O–H groups in total. The maximum Gasteiger partial charge on any atom is 0.326 e. The van der Waals surface area contributed by atoms with E-state index in [-0.39, 0.29) is 22.3 Å². The Bertz CT molecular complexity index is 1110. The average molecular weight is 405 g/mol. The monoisotopic (exact) mass is 404 g/mol. The summed E-state index contributed by atoms with van der Waals surface area (Å²) < 4.78 is 0. The molecule has 30 heavy (non-hydrogen) atoms. The lowest BCUT2D eigenvalue weighted by Gasteiger charge is -2.42. The van der Waals surface area contributed by atoms with E-state index in [4.69, 9.17) is 0 Å². The van der Waals surface area contributed by atoms with Crippen molar-refractivity contribution < 1.29 is 14.7 Å². The largest absolute Gasteiger partial charge is 0.507 e. The summed E-state index contributed by atoms with van der Waals surface area (Å²) in [7, 11) is 0. The highest BCUT2D eigenvalue weighted by atomic mass is 16.3. The van der Waals surface area contributed by atoms with E-state index in [2.05, 4.69) is 57.4 Å². The Kier molecular flexibility index (Phi) is 4.53. The fourth-order valence-electron chi connectivity index (χ4n) is 4.52. The molecule has 0 radical (unpaired) electrons. The van der Waals surface area contributed by atoms with Gasteiger partial charge in [-0.2, -0.15) is 0 Å². The van der Waals surface area contributed by atoms with E-state index < -0.39 is 11.9 Å². The number of nitrogens with one attached hydrogen (secondary N) is 2. The quantitative estimate of drug-likeness (QED) is 0.492. The van der Waals surface area contributed by atoms with Gasteiger partial charge in [-0.15, -0.1) is 0 Å². The minimum Gasteiger partial charge on any atom is -0.507 e. The summed E-state index contributed by atoms with van der Waals surface area (Å²) in [6, 6.07) is 9.17. The highest BCUT2D eigenvalue weighted by molar-refractivity contribution is 6.14. The first-order valence-corrected chi connectivity index (χ1v) is 10.3. The maximum atomic E-state index is 11.8. The molecule has 5 nitrogen and oxygen atoms in total. The van der Waals surface area contributed by atoms with Gasteiger partial charge in [-0.25, -0.2) is 4.79 Å². The van der Waals surface area contributed by atoms with Crippen LogP contribution in [0.2, 0.25) is 0 Å². The molecule has 156 valence electrons. The SMILES string of the molecule is Cc1cc2c(cc1-c1cc(C=C3NC(=O)NC3=O)ccc1O)C(C)(C)CCC2(C)C. The van der Waals surface area contributed by atoms with E-state index in [0.717, 1.165) is 29.5 Å². The minimum absolute atomic E-state index is 0.0642. The Morgan fingerprint density at radius 1 is 0.900 bits per heavy atom. The zero-order valence-electron chi connectivity index (χ0n) is 18.1. The first kappa shape index (κ1) is 20.2. The van der Waals surface area contributed by atoms with Crippen molar-refractivity contribution in [2.75, 3.05) is 0 Å². The van der Waals surface area contributed by atoms with E-state index in [9.17, 15) is 14.7 Å². The number of hydrogen-bond donors (Lipinski definition) is 3. The third kappa shape index (κ3) is 3.38. The van der Waals surface area contributed by atoms with Gasteiger partial charge in [-0.3, -0.25) is 10.1 Å².